The second-order valence-corrected chi connectivity index (χ2v) is 10.3. The van der Waals surface area contributed by atoms with Gasteiger partial charge in [0.15, 0.2) is 8.29 Å². The number of para-hydroxylation sites is 1. The number of amides is 1. The number of hydrogen-bond acceptors (Lipinski definition) is 5. The van der Waals surface area contributed by atoms with Gasteiger partial charge in [0.05, 0.1) is 11.4 Å². The molecule has 0 radical (unpaired) electrons. The molecule has 0 aliphatic rings. The van der Waals surface area contributed by atoms with Gasteiger partial charge in [-0.3, -0.25) is 4.79 Å². The van der Waals surface area contributed by atoms with E-state index in [1.807, 2.05) is 42.5 Å². The van der Waals surface area contributed by atoms with Crippen LogP contribution in [0.25, 0.3) is 5.69 Å². The zero-order chi connectivity index (χ0) is 21.5. The molecule has 0 aliphatic carbocycles. The number of nitrogens with zero attached hydrogens (tertiary/aromatic N) is 2. The van der Waals surface area contributed by atoms with E-state index in [1.54, 1.807) is 10.7 Å². The van der Waals surface area contributed by atoms with Crippen molar-refractivity contribution in [3.8, 4) is 5.69 Å². The zero-order valence-corrected chi connectivity index (χ0v) is 20.3. The molecule has 3 rings (SSSR count). The molecule has 9 heteroatoms. The maximum Gasteiger partial charge on any atom is 0.230 e. The van der Waals surface area contributed by atoms with Gasteiger partial charge < -0.3 is 5.32 Å². The van der Waals surface area contributed by atoms with E-state index in [4.69, 9.17) is 35.4 Å². The zero-order valence-electron chi connectivity index (χ0n) is 16.3. The summed E-state index contributed by atoms with van der Waals surface area (Å²) < 4.78 is 3.15. The minimum Gasteiger partial charge on any atom is -0.355 e. The van der Waals surface area contributed by atoms with Crippen LogP contribution in [0, 0.1) is 3.95 Å². The molecule has 0 aliphatic heterocycles. The second kappa shape index (κ2) is 11.3. The first-order valence-electron chi connectivity index (χ1n) is 9.48. The second-order valence-electron chi connectivity index (χ2n) is 6.63. The van der Waals surface area contributed by atoms with Crippen molar-refractivity contribution in [3.63, 3.8) is 0 Å². The van der Waals surface area contributed by atoms with Gasteiger partial charge in [-0.1, -0.05) is 83.9 Å². The predicted molar refractivity (Wildman–Crippen MR) is 130 cm³/mol. The van der Waals surface area contributed by atoms with E-state index in [1.165, 1.54) is 23.1 Å². The van der Waals surface area contributed by atoms with Crippen molar-refractivity contribution >= 4 is 64.4 Å². The Morgan fingerprint density at radius 1 is 1.27 bits per heavy atom. The number of rotatable bonds is 9. The Morgan fingerprint density at radius 2 is 2.03 bits per heavy atom. The van der Waals surface area contributed by atoms with Gasteiger partial charge in [0, 0.05) is 22.5 Å². The van der Waals surface area contributed by atoms with Crippen LogP contribution in [0.5, 0.6) is 0 Å². The minimum atomic E-state index is -0.0430. The van der Waals surface area contributed by atoms with Crippen LogP contribution in [0.3, 0.4) is 0 Å². The molecule has 3 aromatic rings. The molecule has 0 saturated heterocycles. The number of halogens is 2. The number of hydrogen-bond donors (Lipinski definition) is 1. The average Bonchev–Trinajstić information content (AvgIpc) is 3.11. The molecule has 158 valence electrons. The largest absolute Gasteiger partial charge is 0.355 e. The monoisotopic (exact) mass is 497 g/mol. The SMILES string of the molecule is CCC[C@@H](CNC(=O)CSc1nn(-c2ccccc2)c(=S)s1)c1ccc(Cl)cc1Cl. The van der Waals surface area contributed by atoms with Crippen molar-refractivity contribution < 1.29 is 4.79 Å². The molecule has 0 spiro atoms. The van der Waals surface area contributed by atoms with E-state index in [2.05, 4.69) is 17.3 Å². The maximum atomic E-state index is 12.4. The normalized spacial score (nSPS) is 12.0. The lowest BCUT2D eigenvalue weighted by atomic mass is 9.94. The summed E-state index contributed by atoms with van der Waals surface area (Å²) in [7, 11) is 0. The summed E-state index contributed by atoms with van der Waals surface area (Å²) in [6.07, 6.45) is 1.92. The molecule has 4 nitrogen and oxygen atoms in total. The topological polar surface area (TPSA) is 46.9 Å². The van der Waals surface area contributed by atoms with Crippen molar-refractivity contribution in [3.05, 3.63) is 68.1 Å². The summed E-state index contributed by atoms with van der Waals surface area (Å²) in [5.74, 6) is 0.385. The number of carbonyl (C=O) groups excluding carboxylic acids is 1. The van der Waals surface area contributed by atoms with Gasteiger partial charge in [0.1, 0.15) is 0 Å². The Labute approximate surface area is 199 Å². The third kappa shape index (κ3) is 6.31. The van der Waals surface area contributed by atoms with E-state index in [9.17, 15) is 4.79 Å². The summed E-state index contributed by atoms with van der Waals surface area (Å²) in [6.45, 7) is 2.65. The van der Waals surface area contributed by atoms with Crippen LogP contribution in [0.4, 0.5) is 0 Å². The highest BCUT2D eigenvalue weighted by atomic mass is 35.5. The summed E-state index contributed by atoms with van der Waals surface area (Å²) in [4.78, 5) is 12.4. The van der Waals surface area contributed by atoms with Gasteiger partial charge in [0.25, 0.3) is 0 Å². The number of carbonyl (C=O) groups is 1. The summed E-state index contributed by atoms with van der Waals surface area (Å²) in [5, 5.41) is 8.80. The molecule has 2 aromatic carbocycles. The first kappa shape index (κ1) is 23.3. The molecule has 30 heavy (non-hydrogen) atoms. The Balaban J connectivity index is 1.57. The highest BCUT2D eigenvalue weighted by Crippen LogP contribution is 2.30. The van der Waals surface area contributed by atoms with Crippen LogP contribution in [0.2, 0.25) is 10.0 Å². The minimum absolute atomic E-state index is 0.0430. The standard InChI is InChI=1S/C21H21Cl2N3OS3/c1-2-6-14(17-10-9-15(22)11-18(17)23)12-24-19(27)13-29-20-25-26(21(28)30-20)16-7-4-3-5-8-16/h3-5,7-11,14H,2,6,12-13H2,1H3,(H,24,27)/t14-/m0/s1. The molecule has 1 aromatic heterocycles. The summed E-state index contributed by atoms with van der Waals surface area (Å²) >= 11 is 20.6. The molecule has 1 atom stereocenters. The average molecular weight is 499 g/mol. The lowest BCUT2D eigenvalue weighted by Gasteiger charge is -2.19. The molecule has 0 bridgehead atoms. The lowest BCUT2D eigenvalue weighted by Crippen LogP contribution is -2.30. The first-order valence-corrected chi connectivity index (χ1v) is 12.4. The van der Waals surface area contributed by atoms with Crippen LogP contribution in [0.1, 0.15) is 31.2 Å². The van der Waals surface area contributed by atoms with E-state index < -0.39 is 0 Å². The number of benzene rings is 2. The molecule has 1 N–H and O–H groups in total. The van der Waals surface area contributed by atoms with E-state index >= 15 is 0 Å². The number of aromatic nitrogens is 2. The van der Waals surface area contributed by atoms with Crippen LogP contribution in [0.15, 0.2) is 52.9 Å². The van der Waals surface area contributed by atoms with Gasteiger partial charge in [0.2, 0.25) is 5.91 Å². The lowest BCUT2D eigenvalue weighted by molar-refractivity contribution is -0.118. The smallest absolute Gasteiger partial charge is 0.230 e. The molecule has 0 saturated carbocycles. The van der Waals surface area contributed by atoms with Gasteiger partial charge in [-0.25, -0.2) is 4.68 Å². The van der Waals surface area contributed by atoms with Gasteiger partial charge in [-0.2, -0.15) is 0 Å². The quantitative estimate of drug-likeness (QED) is 0.262. The fourth-order valence-corrected chi connectivity index (χ4v) is 5.77. The van der Waals surface area contributed by atoms with Crippen molar-refractivity contribution in [2.24, 2.45) is 0 Å². The molecular weight excluding hydrogens is 477 g/mol. The maximum absolute atomic E-state index is 12.4. The van der Waals surface area contributed by atoms with E-state index in [-0.39, 0.29) is 17.6 Å². The summed E-state index contributed by atoms with van der Waals surface area (Å²) in [5.41, 5.74) is 1.92. The fourth-order valence-electron chi connectivity index (χ4n) is 3.02. The Bertz CT molecular complexity index is 1050. The number of thioether (sulfide) groups is 1. The van der Waals surface area contributed by atoms with Crippen LogP contribution < -0.4 is 5.32 Å². The third-order valence-electron chi connectivity index (χ3n) is 4.44. The van der Waals surface area contributed by atoms with Crippen LogP contribution >= 0.6 is 58.5 Å². The molecule has 1 heterocycles. The third-order valence-corrected chi connectivity index (χ3v) is 7.37. The molecule has 1 amide bonds. The predicted octanol–water partition coefficient (Wildman–Crippen LogP) is 6.76. The first-order chi connectivity index (χ1) is 14.5. The van der Waals surface area contributed by atoms with E-state index in [0.29, 0.717) is 20.5 Å². The van der Waals surface area contributed by atoms with Crippen LogP contribution in [-0.2, 0) is 4.79 Å². The molecule has 0 fully saturated rings. The highest BCUT2D eigenvalue weighted by molar-refractivity contribution is 8.01. The van der Waals surface area contributed by atoms with Gasteiger partial charge in [-0.05, 0) is 48.5 Å². The molecular formula is C21H21Cl2N3OS3. The van der Waals surface area contributed by atoms with E-state index in [0.717, 1.165) is 28.4 Å². The van der Waals surface area contributed by atoms with Crippen molar-refractivity contribution in [2.75, 3.05) is 12.3 Å². The number of nitrogens with one attached hydrogen (secondary N) is 1. The van der Waals surface area contributed by atoms with Crippen LogP contribution in [-0.4, -0.2) is 28.0 Å². The van der Waals surface area contributed by atoms with Gasteiger partial charge >= 0.3 is 0 Å². The highest BCUT2D eigenvalue weighted by Gasteiger charge is 2.16. The van der Waals surface area contributed by atoms with Crippen molar-refractivity contribution in [1.82, 2.24) is 15.1 Å². The van der Waals surface area contributed by atoms with Crippen molar-refractivity contribution in [1.29, 1.82) is 0 Å². The molecule has 0 unspecified atom stereocenters. The fraction of sp³-hybridized carbons (Fsp3) is 0.286. The Hall–Kier alpha value is -1.38. The Morgan fingerprint density at radius 3 is 2.73 bits per heavy atom. The van der Waals surface area contributed by atoms with Gasteiger partial charge in [-0.15, -0.1) is 5.10 Å². The Kier molecular flexibility index (Phi) is 8.77. The van der Waals surface area contributed by atoms with Crippen molar-refractivity contribution in [2.45, 2.75) is 30.0 Å². The summed E-state index contributed by atoms with van der Waals surface area (Å²) in [6, 6.07) is 15.2.